The third kappa shape index (κ3) is 2.42. The molecule has 0 aliphatic carbocycles. The summed E-state index contributed by atoms with van der Waals surface area (Å²) in [6.45, 7) is 1.90. The summed E-state index contributed by atoms with van der Waals surface area (Å²) < 4.78 is 5.41. The molecule has 0 saturated carbocycles. The molecule has 0 spiro atoms. The van der Waals surface area contributed by atoms with Gasteiger partial charge in [0, 0.05) is 11.8 Å². The molecule has 0 radical (unpaired) electrons. The average Bonchev–Trinajstić information content (AvgIpc) is 3.23. The minimum Gasteiger partial charge on any atom is -0.360 e. The molecule has 4 aromatic rings. The second-order valence-corrected chi connectivity index (χ2v) is 5.19. The van der Waals surface area contributed by atoms with Crippen LogP contribution in [-0.2, 0) is 0 Å². The van der Waals surface area contributed by atoms with Crippen molar-refractivity contribution >= 4 is 0 Å². The summed E-state index contributed by atoms with van der Waals surface area (Å²) >= 11 is 0. The highest BCUT2D eigenvalue weighted by molar-refractivity contribution is 5.80. The zero-order valence-electron chi connectivity index (χ0n) is 12.5. The van der Waals surface area contributed by atoms with Crippen molar-refractivity contribution in [1.82, 2.24) is 20.1 Å². The fraction of sp³-hybridized carbons (Fsp3) is 0.0556. The number of hydrogen-bond acceptors (Lipinski definition) is 4. The van der Waals surface area contributed by atoms with Crippen LogP contribution in [0.2, 0.25) is 0 Å². The van der Waals surface area contributed by atoms with Gasteiger partial charge in [0.15, 0.2) is 5.82 Å². The van der Waals surface area contributed by atoms with E-state index in [0.717, 1.165) is 39.8 Å². The summed E-state index contributed by atoms with van der Waals surface area (Å²) in [5.41, 5.74) is 4.40. The topological polar surface area (TPSA) is 67.6 Å². The number of aromatic nitrogens is 4. The van der Waals surface area contributed by atoms with Crippen molar-refractivity contribution < 1.29 is 4.52 Å². The molecule has 0 aliphatic rings. The second kappa shape index (κ2) is 5.53. The lowest BCUT2D eigenvalue weighted by Crippen LogP contribution is -1.86. The maximum Gasteiger partial charge on any atom is 0.156 e. The molecule has 0 aliphatic heterocycles. The number of nitrogens with one attached hydrogen (secondary N) is 1. The van der Waals surface area contributed by atoms with E-state index in [2.05, 4.69) is 20.1 Å². The molecule has 0 atom stereocenters. The quantitative estimate of drug-likeness (QED) is 0.618. The molecule has 0 amide bonds. The number of imidazole rings is 1. The van der Waals surface area contributed by atoms with Gasteiger partial charge in [-0.05, 0) is 19.1 Å². The number of rotatable bonds is 3. The molecule has 0 saturated heterocycles. The van der Waals surface area contributed by atoms with Gasteiger partial charge in [0.2, 0.25) is 0 Å². The number of benzene rings is 1. The maximum absolute atomic E-state index is 5.41. The van der Waals surface area contributed by atoms with Crippen LogP contribution >= 0.6 is 0 Å². The molecule has 3 aromatic heterocycles. The number of H-pyrrole nitrogens is 1. The van der Waals surface area contributed by atoms with Crippen molar-refractivity contribution in [3.05, 3.63) is 66.7 Å². The van der Waals surface area contributed by atoms with Crippen LogP contribution < -0.4 is 0 Å². The highest BCUT2D eigenvalue weighted by atomic mass is 16.5. The predicted molar refractivity (Wildman–Crippen MR) is 87.5 cm³/mol. The number of aromatic amines is 1. The molecule has 0 bridgehead atoms. The van der Waals surface area contributed by atoms with Crippen LogP contribution in [0, 0.1) is 6.92 Å². The monoisotopic (exact) mass is 302 g/mol. The summed E-state index contributed by atoms with van der Waals surface area (Å²) in [5, 5.41) is 4.21. The number of nitrogens with zero attached hydrogens (tertiary/aromatic N) is 3. The van der Waals surface area contributed by atoms with Crippen molar-refractivity contribution in [2.75, 3.05) is 0 Å². The van der Waals surface area contributed by atoms with Gasteiger partial charge in [0.25, 0.3) is 0 Å². The van der Waals surface area contributed by atoms with Crippen molar-refractivity contribution in [3.8, 4) is 34.0 Å². The molecule has 3 heterocycles. The standard InChI is InChI=1S/C18H14N4O/c1-12-16(17(22-23-12)13-7-3-2-4-8-13)15-11-20-18(21-15)14-9-5-6-10-19-14/h2-11H,1H3,(H,20,21). The third-order valence-electron chi connectivity index (χ3n) is 3.66. The number of pyridine rings is 1. The molecule has 23 heavy (non-hydrogen) atoms. The fourth-order valence-corrected chi connectivity index (χ4v) is 2.56. The van der Waals surface area contributed by atoms with Crippen LogP contribution in [0.25, 0.3) is 34.0 Å². The zero-order chi connectivity index (χ0) is 15.6. The molecule has 0 unspecified atom stereocenters. The van der Waals surface area contributed by atoms with Crippen LogP contribution in [-0.4, -0.2) is 20.1 Å². The van der Waals surface area contributed by atoms with Crippen molar-refractivity contribution in [2.24, 2.45) is 0 Å². The molecule has 0 fully saturated rings. The summed E-state index contributed by atoms with van der Waals surface area (Å²) in [7, 11) is 0. The van der Waals surface area contributed by atoms with E-state index in [9.17, 15) is 0 Å². The molecule has 1 N–H and O–H groups in total. The van der Waals surface area contributed by atoms with Gasteiger partial charge in [-0.1, -0.05) is 41.6 Å². The molecule has 4 rings (SSSR count). The third-order valence-corrected chi connectivity index (χ3v) is 3.66. The van der Waals surface area contributed by atoms with Crippen LogP contribution in [0.3, 0.4) is 0 Å². The number of aryl methyl sites for hydroxylation is 1. The van der Waals surface area contributed by atoms with E-state index in [1.54, 1.807) is 12.4 Å². The van der Waals surface area contributed by atoms with Crippen LogP contribution in [0.4, 0.5) is 0 Å². The van der Waals surface area contributed by atoms with Crippen LogP contribution in [0.5, 0.6) is 0 Å². The van der Waals surface area contributed by atoms with Crippen LogP contribution in [0.1, 0.15) is 5.76 Å². The molecule has 112 valence electrons. The first kappa shape index (κ1) is 13.5. The average molecular weight is 302 g/mol. The highest BCUT2D eigenvalue weighted by Gasteiger charge is 2.18. The fourth-order valence-electron chi connectivity index (χ4n) is 2.56. The molecule has 1 aromatic carbocycles. The van der Waals surface area contributed by atoms with Gasteiger partial charge >= 0.3 is 0 Å². The van der Waals surface area contributed by atoms with E-state index in [1.807, 2.05) is 55.5 Å². The Hall–Kier alpha value is -3.21. The summed E-state index contributed by atoms with van der Waals surface area (Å²) in [4.78, 5) is 12.1. The van der Waals surface area contributed by atoms with E-state index in [4.69, 9.17) is 4.52 Å². The molecular formula is C18H14N4O. The first-order valence-electron chi connectivity index (χ1n) is 7.31. The molecule has 5 nitrogen and oxygen atoms in total. The van der Waals surface area contributed by atoms with Crippen molar-refractivity contribution in [3.63, 3.8) is 0 Å². The van der Waals surface area contributed by atoms with Crippen LogP contribution in [0.15, 0.2) is 65.4 Å². The summed E-state index contributed by atoms with van der Waals surface area (Å²) in [6.07, 6.45) is 3.54. The van der Waals surface area contributed by atoms with E-state index < -0.39 is 0 Å². The Kier molecular flexibility index (Phi) is 3.24. The van der Waals surface area contributed by atoms with Crippen molar-refractivity contribution in [2.45, 2.75) is 6.92 Å². The number of hydrogen-bond donors (Lipinski definition) is 1. The minimum absolute atomic E-state index is 0.722. The Balaban J connectivity index is 1.81. The van der Waals surface area contributed by atoms with Gasteiger partial charge in [0.1, 0.15) is 17.1 Å². The Morgan fingerprint density at radius 3 is 2.57 bits per heavy atom. The Morgan fingerprint density at radius 1 is 0.957 bits per heavy atom. The zero-order valence-corrected chi connectivity index (χ0v) is 12.5. The van der Waals surface area contributed by atoms with Gasteiger partial charge < -0.3 is 9.51 Å². The maximum atomic E-state index is 5.41. The normalized spacial score (nSPS) is 10.8. The van der Waals surface area contributed by atoms with Gasteiger partial charge in [-0.2, -0.15) is 0 Å². The summed E-state index contributed by atoms with van der Waals surface area (Å²) in [5.74, 6) is 1.47. The Morgan fingerprint density at radius 2 is 1.78 bits per heavy atom. The largest absolute Gasteiger partial charge is 0.360 e. The minimum atomic E-state index is 0.722. The van der Waals surface area contributed by atoms with E-state index in [-0.39, 0.29) is 0 Å². The second-order valence-electron chi connectivity index (χ2n) is 5.19. The molecular weight excluding hydrogens is 288 g/mol. The van der Waals surface area contributed by atoms with Gasteiger partial charge in [-0.3, -0.25) is 4.98 Å². The van der Waals surface area contributed by atoms with E-state index in [1.165, 1.54) is 0 Å². The summed E-state index contributed by atoms with van der Waals surface area (Å²) in [6, 6.07) is 15.7. The lowest BCUT2D eigenvalue weighted by atomic mass is 10.0. The SMILES string of the molecule is Cc1onc(-c2ccccc2)c1-c1cnc(-c2ccccn2)[nH]1. The van der Waals surface area contributed by atoms with E-state index >= 15 is 0 Å². The van der Waals surface area contributed by atoms with Gasteiger partial charge in [-0.25, -0.2) is 4.98 Å². The highest BCUT2D eigenvalue weighted by Crippen LogP contribution is 2.33. The molecule has 5 heteroatoms. The van der Waals surface area contributed by atoms with Gasteiger partial charge in [-0.15, -0.1) is 0 Å². The Bertz CT molecular complexity index is 926. The smallest absolute Gasteiger partial charge is 0.156 e. The predicted octanol–water partition coefficient (Wildman–Crippen LogP) is 4.10. The van der Waals surface area contributed by atoms with E-state index in [0.29, 0.717) is 0 Å². The lowest BCUT2D eigenvalue weighted by molar-refractivity contribution is 0.400. The first-order chi connectivity index (χ1) is 11.3. The lowest BCUT2D eigenvalue weighted by Gasteiger charge is -2.00. The van der Waals surface area contributed by atoms with Gasteiger partial charge in [0.05, 0.1) is 17.5 Å². The Labute approximate surface area is 133 Å². The van der Waals surface area contributed by atoms with Crippen molar-refractivity contribution in [1.29, 1.82) is 0 Å². The first-order valence-corrected chi connectivity index (χ1v) is 7.31.